The maximum atomic E-state index is 12.4. The molecular formula is C15H21ClN2O3S. The zero-order chi connectivity index (χ0) is 16.3. The monoisotopic (exact) mass is 344 g/mol. The molecule has 0 unspecified atom stereocenters. The van der Waals surface area contributed by atoms with E-state index in [0.717, 1.165) is 19.3 Å². The van der Waals surface area contributed by atoms with Crippen LogP contribution in [0.15, 0.2) is 29.2 Å². The first-order valence-corrected chi connectivity index (χ1v) is 9.37. The number of rotatable bonds is 4. The number of piperidine rings is 1. The minimum atomic E-state index is -3.67. The van der Waals surface area contributed by atoms with Gasteiger partial charge in [0.05, 0.1) is 4.90 Å². The quantitative estimate of drug-likeness (QED) is 0.903. The van der Waals surface area contributed by atoms with Crippen molar-refractivity contribution < 1.29 is 13.2 Å². The van der Waals surface area contributed by atoms with Crippen LogP contribution >= 0.6 is 11.6 Å². The zero-order valence-electron chi connectivity index (χ0n) is 12.5. The van der Waals surface area contributed by atoms with Crippen molar-refractivity contribution in [1.29, 1.82) is 0 Å². The van der Waals surface area contributed by atoms with Gasteiger partial charge in [-0.2, -0.15) is 0 Å². The van der Waals surface area contributed by atoms with Gasteiger partial charge in [0.1, 0.15) is 5.75 Å². The first-order chi connectivity index (χ1) is 10.3. The minimum absolute atomic E-state index is 0.0818. The summed E-state index contributed by atoms with van der Waals surface area (Å²) in [5.74, 6) is -0.908. The second-order valence-corrected chi connectivity index (χ2v) is 8.15. The van der Waals surface area contributed by atoms with Crippen molar-refractivity contribution in [2.45, 2.75) is 43.2 Å². The van der Waals surface area contributed by atoms with Crippen LogP contribution < -0.4 is 5.73 Å². The van der Waals surface area contributed by atoms with Crippen molar-refractivity contribution in [3.8, 4) is 0 Å². The van der Waals surface area contributed by atoms with E-state index in [9.17, 15) is 13.2 Å². The van der Waals surface area contributed by atoms with E-state index in [-0.39, 0.29) is 22.9 Å². The lowest BCUT2D eigenvalue weighted by Gasteiger charge is -2.38. The molecule has 1 aromatic carbocycles. The average molecular weight is 345 g/mol. The maximum Gasteiger partial charge on any atom is 0.238 e. The van der Waals surface area contributed by atoms with Crippen LogP contribution in [-0.4, -0.2) is 43.6 Å². The van der Waals surface area contributed by atoms with Gasteiger partial charge in [-0.3, -0.25) is 4.79 Å². The van der Waals surface area contributed by atoms with Gasteiger partial charge >= 0.3 is 0 Å². The standard InChI is InChI=1S/C15H21ClN2O3S/c1-11(17)14-4-2-3-9-18(14)15(19)10-22(20,21)13-7-5-12(16)6-8-13/h5-8,11,14H,2-4,9-10,17H2,1H3/t11-,14-/m0/s1. The van der Waals surface area contributed by atoms with Crippen molar-refractivity contribution in [3.05, 3.63) is 29.3 Å². The number of sulfone groups is 1. The Morgan fingerprint density at radius 3 is 2.59 bits per heavy atom. The molecule has 5 nitrogen and oxygen atoms in total. The number of hydrogen-bond donors (Lipinski definition) is 1. The average Bonchev–Trinajstić information content (AvgIpc) is 2.47. The SMILES string of the molecule is C[C@H](N)[C@@H]1CCCCN1C(=O)CS(=O)(=O)c1ccc(Cl)cc1. The molecule has 0 saturated carbocycles. The first-order valence-electron chi connectivity index (χ1n) is 7.34. The third-order valence-electron chi connectivity index (χ3n) is 3.96. The molecule has 2 N–H and O–H groups in total. The number of nitrogens with two attached hydrogens (primary N) is 1. The highest BCUT2D eigenvalue weighted by atomic mass is 35.5. The molecule has 1 amide bonds. The minimum Gasteiger partial charge on any atom is -0.337 e. The Morgan fingerprint density at radius 1 is 1.36 bits per heavy atom. The Hall–Kier alpha value is -1.11. The molecule has 2 atom stereocenters. The summed E-state index contributed by atoms with van der Waals surface area (Å²) in [5.41, 5.74) is 5.93. The van der Waals surface area contributed by atoms with E-state index in [1.54, 1.807) is 4.90 Å². The van der Waals surface area contributed by atoms with Gasteiger partial charge in [-0.05, 0) is 50.5 Å². The highest BCUT2D eigenvalue weighted by Crippen LogP contribution is 2.21. The van der Waals surface area contributed by atoms with Crippen LogP contribution in [0.25, 0.3) is 0 Å². The predicted octanol–water partition coefficient (Wildman–Crippen LogP) is 1.84. The Labute approximate surface area is 136 Å². The van der Waals surface area contributed by atoms with Gasteiger partial charge in [0.2, 0.25) is 5.91 Å². The molecule has 7 heteroatoms. The van der Waals surface area contributed by atoms with E-state index in [0.29, 0.717) is 11.6 Å². The number of nitrogens with zero attached hydrogens (tertiary/aromatic N) is 1. The Balaban J connectivity index is 2.14. The summed E-state index contributed by atoms with van der Waals surface area (Å²) in [7, 11) is -3.67. The number of amides is 1. The number of hydrogen-bond acceptors (Lipinski definition) is 4. The maximum absolute atomic E-state index is 12.4. The Bertz CT molecular complexity index is 629. The van der Waals surface area contributed by atoms with Crippen molar-refractivity contribution in [2.75, 3.05) is 12.3 Å². The lowest BCUT2D eigenvalue weighted by atomic mass is 9.97. The molecule has 122 valence electrons. The van der Waals surface area contributed by atoms with Gasteiger partial charge in [-0.15, -0.1) is 0 Å². The summed E-state index contributed by atoms with van der Waals surface area (Å²) in [6, 6.07) is 5.60. The first kappa shape index (κ1) is 17.2. The lowest BCUT2D eigenvalue weighted by molar-refractivity contribution is -0.132. The van der Waals surface area contributed by atoms with Crippen LogP contribution in [0.5, 0.6) is 0 Å². The zero-order valence-corrected chi connectivity index (χ0v) is 14.1. The molecule has 1 aliphatic heterocycles. The van der Waals surface area contributed by atoms with E-state index in [2.05, 4.69) is 0 Å². The molecule has 1 fully saturated rings. The number of likely N-dealkylation sites (tertiary alicyclic amines) is 1. The molecule has 0 bridgehead atoms. The second-order valence-electron chi connectivity index (χ2n) is 5.72. The van der Waals surface area contributed by atoms with Crippen molar-refractivity contribution in [2.24, 2.45) is 5.73 Å². The smallest absolute Gasteiger partial charge is 0.238 e. The van der Waals surface area contributed by atoms with Crippen molar-refractivity contribution >= 4 is 27.3 Å². The molecule has 0 spiro atoms. The topological polar surface area (TPSA) is 80.5 Å². The Morgan fingerprint density at radius 2 is 2.00 bits per heavy atom. The van der Waals surface area contributed by atoms with Crippen molar-refractivity contribution in [3.63, 3.8) is 0 Å². The fourth-order valence-electron chi connectivity index (χ4n) is 2.78. The van der Waals surface area contributed by atoms with E-state index in [1.807, 2.05) is 6.92 Å². The van der Waals surface area contributed by atoms with Gasteiger partial charge in [-0.25, -0.2) is 8.42 Å². The van der Waals surface area contributed by atoms with Gasteiger partial charge in [0.25, 0.3) is 0 Å². The largest absolute Gasteiger partial charge is 0.337 e. The predicted molar refractivity (Wildman–Crippen MR) is 86.5 cm³/mol. The summed E-state index contributed by atoms with van der Waals surface area (Å²) in [6.07, 6.45) is 2.72. The van der Waals surface area contributed by atoms with E-state index in [4.69, 9.17) is 17.3 Å². The van der Waals surface area contributed by atoms with Crippen LogP contribution in [-0.2, 0) is 14.6 Å². The van der Waals surface area contributed by atoms with E-state index in [1.165, 1.54) is 24.3 Å². The third-order valence-corrected chi connectivity index (χ3v) is 5.83. The van der Waals surface area contributed by atoms with Crippen LogP contribution in [0.3, 0.4) is 0 Å². The summed E-state index contributed by atoms with van der Waals surface area (Å²) >= 11 is 5.76. The summed E-state index contributed by atoms with van der Waals surface area (Å²) in [6.45, 7) is 2.42. The van der Waals surface area contributed by atoms with Gasteiger partial charge in [0.15, 0.2) is 9.84 Å². The normalized spacial score (nSPS) is 20.7. The molecule has 1 aromatic rings. The van der Waals surface area contributed by atoms with Crippen molar-refractivity contribution in [1.82, 2.24) is 4.90 Å². The number of carbonyl (C=O) groups excluding carboxylic acids is 1. The number of carbonyl (C=O) groups is 1. The third kappa shape index (κ3) is 4.00. The molecular weight excluding hydrogens is 324 g/mol. The highest BCUT2D eigenvalue weighted by Gasteiger charge is 2.32. The molecule has 2 rings (SSSR count). The summed E-state index contributed by atoms with van der Waals surface area (Å²) in [4.78, 5) is 14.2. The summed E-state index contributed by atoms with van der Waals surface area (Å²) < 4.78 is 24.7. The highest BCUT2D eigenvalue weighted by molar-refractivity contribution is 7.92. The number of halogens is 1. The molecule has 22 heavy (non-hydrogen) atoms. The molecule has 0 aliphatic carbocycles. The fraction of sp³-hybridized carbons (Fsp3) is 0.533. The van der Waals surface area contributed by atoms with Gasteiger partial charge in [-0.1, -0.05) is 11.6 Å². The molecule has 0 aromatic heterocycles. The molecule has 1 saturated heterocycles. The molecule has 0 radical (unpaired) electrons. The fourth-order valence-corrected chi connectivity index (χ4v) is 4.12. The lowest BCUT2D eigenvalue weighted by Crippen LogP contribution is -2.53. The number of benzene rings is 1. The molecule has 1 heterocycles. The second kappa shape index (κ2) is 6.98. The summed E-state index contributed by atoms with van der Waals surface area (Å²) in [5, 5.41) is 0.457. The van der Waals surface area contributed by atoms with E-state index >= 15 is 0 Å². The van der Waals surface area contributed by atoms with E-state index < -0.39 is 15.6 Å². The Kier molecular flexibility index (Phi) is 5.47. The molecule has 1 aliphatic rings. The van der Waals surface area contributed by atoms with Gasteiger partial charge < -0.3 is 10.6 Å². The van der Waals surface area contributed by atoms with Crippen LogP contribution in [0.4, 0.5) is 0 Å². The van der Waals surface area contributed by atoms with Crippen LogP contribution in [0.2, 0.25) is 5.02 Å². The van der Waals surface area contributed by atoms with Crippen LogP contribution in [0.1, 0.15) is 26.2 Å². The van der Waals surface area contributed by atoms with Crippen LogP contribution in [0, 0.1) is 0 Å². The van der Waals surface area contributed by atoms with Gasteiger partial charge in [0, 0.05) is 23.7 Å².